The van der Waals surface area contributed by atoms with E-state index in [2.05, 4.69) is 282 Å². The molecule has 12 aromatic carbocycles. The van der Waals surface area contributed by atoms with E-state index in [1.165, 1.54) is 67.0 Å². The molecule has 0 N–H and O–H groups in total. The molecule has 0 saturated heterocycles. The Hall–Kier alpha value is -9.64. The summed E-state index contributed by atoms with van der Waals surface area (Å²) in [6.45, 7) is 13.3. The summed E-state index contributed by atoms with van der Waals surface area (Å²) in [4.78, 5) is 4.86. The van der Waals surface area contributed by atoms with E-state index in [1.807, 2.05) is 0 Å². The van der Waals surface area contributed by atoms with Gasteiger partial charge in [-0.25, -0.2) is 0 Å². The van der Waals surface area contributed by atoms with E-state index < -0.39 is 0 Å². The number of fused-ring (bicyclic) bond motifs is 8. The van der Waals surface area contributed by atoms with E-state index in [0.29, 0.717) is 0 Å². The van der Waals surface area contributed by atoms with Crippen molar-refractivity contribution < 1.29 is 8.83 Å². The van der Waals surface area contributed by atoms with Crippen molar-refractivity contribution in [2.24, 2.45) is 0 Å². The Morgan fingerprint density at radius 3 is 1.06 bits per heavy atom. The lowest BCUT2D eigenvalue weighted by Crippen LogP contribution is -2.14. The van der Waals surface area contributed by atoms with E-state index >= 15 is 0 Å². The predicted molar refractivity (Wildman–Crippen MR) is 330 cm³/mol. The largest absolute Gasteiger partial charge is 0.455 e. The van der Waals surface area contributed by atoms with Gasteiger partial charge in [-0.05, 0) is 203 Å². The van der Waals surface area contributed by atoms with E-state index in [4.69, 9.17) is 8.83 Å². The highest BCUT2D eigenvalue weighted by Gasteiger charge is 2.25. The number of aryl methyl sites for hydroxylation is 6. The highest BCUT2D eigenvalue weighted by Crippen LogP contribution is 2.49. The van der Waals surface area contributed by atoms with Gasteiger partial charge in [-0.2, -0.15) is 0 Å². The van der Waals surface area contributed by atoms with Gasteiger partial charge in [-0.3, -0.25) is 0 Å². The maximum atomic E-state index is 7.12. The van der Waals surface area contributed by atoms with Gasteiger partial charge in [0.2, 0.25) is 0 Å². The Labute approximate surface area is 454 Å². The number of para-hydroxylation sites is 2. The van der Waals surface area contributed by atoms with Crippen LogP contribution in [0.25, 0.3) is 98.8 Å². The number of benzene rings is 12. The van der Waals surface area contributed by atoms with E-state index in [-0.39, 0.29) is 0 Å². The molecule has 2 heterocycles. The lowest BCUT2D eigenvalue weighted by atomic mass is 9.97. The van der Waals surface area contributed by atoms with Crippen LogP contribution in [-0.2, 0) is 0 Å². The first-order chi connectivity index (χ1) is 38.1. The van der Waals surface area contributed by atoms with Crippen LogP contribution in [0.5, 0.6) is 0 Å². The maximum Gasteiger partial charge on any atom is 0.147 e. The molecule has 0 aliphatic rings. The van der Waals surface area contributed by atoms with Gasteiger partial charge in [0.15, 0.2) is 0 Å². The van der Waals surface area contributed by atoms with Crippen molar-refractivity contribution in [1.29, 1.82) is 0 Å². The van der Waals surface area contributed by atoms with Crippen LogP contribution in [0.4, 0.5) is 34.1 Å². The van der Waals surface area contributed by atoms with Crippen molar-refractivity contribution in [3.05, 3.63) is 264 Å². The molecule has 0 spiro atoms. The molecule has 14 rings (SSSR count). The number of nitrogens with zero attached hydrogens (tertiary/aromatic N) is 2. The minimum Gasteiger partial charge on any atom is -0.455 e. The van der Waals surface area contributed by atoms with Crippen molar-refractivity contribution in [3.8, 4) is 33.4 Å². The summed E-state index contributed by atoms with van der Waals surface area (Å²) in [6, 6.07) is 83.7. The number of hydrogen-bond acceptors (Lipinski definition) is 4. The summed E-state index contributed by atoms with van der Waals surface area (Å²) >= 11 is 0. The minimum atomic E-state index is 0.814. The average molecular weight is 1010 g/mol. The van der Waals surface area contributed by atoms with Crippen molar-refractivity contribution in [2.45, 2.75) is 41.5 Å². The highest BCUT2D eigenvalue weighted by atomic mass is 16.3. The molecule has 78 heavy (non-hydrogen) atoms. The molecule has 2 aromatic heterocycles. The van der Waals surface area contributed by atoms with Crippen LogP contribution in [-0.4, -0.2) is 0 Å². The molecule has 374 valence electrons. The van der Waals surface area contributed by atoms with Crippen LogP contribution < -0.4 is 9.80 Å². The van der Waals surface area contributed by atoms with Gasteiger partial charge in [0.25, 0.3) is 0 Å². The van der Waals surface area contributed by atoms with Gasteiger partial charge < -0.3 is 18.6 Å². The lowest BCUT2D eigenvalue weighted by Gasteiger charge is -2.30. The molecule has 0 aliphatic carbocycles. The molecule has 0 fully saturated rings. The summed E-state index contributed by atoms with van der Waals surface area (Å²) in [5.74, 6) is 0. The Balaban J connectivity index is 0.912. The predicted octanol–water partition coefficient (Wildman–Crippen LogP) is 21.6. The van der Waals surface area contributed by atoms with Gasteiger partial charge in [0, 0.05) is 44.3 Å². The topological polar surface area (TPSA) is 32.8 Å². The third-order valence-electron chi connectivity index (χ3n) is 16.1. The summed E-state index contributed by atoms with van der Waals surface area (Å²) < 4.78 is 14.2. The third-order valence-corrected chi connectivity index (χ3v) is 16.1. The average Bonchev–Trinajstić information content (AvgIpc) is 4.23. The van der Waals surface area contributed by atoms with Crippen LogP contribution in [0.15, 0.2) is 239 Å². The lowest BCUT2D eigenvalue weighted by molar-refractivity contribution is 0.658. The standard InChI is InChI=1S/C74H56N2O2/c1-45-18-16-19-46(2)71(45)75(66-34-30-54(36-49(66)5)51-22-10-7-11-23-51)60-32-28-56-40-62-64-44-65-63-41-57-29-33-61(76(72-47(3)20-17-21-48(72)4)67-35-31-55(37-50(67)6)52-24-12-8-13-25-52)39-59(57)43-69(63)78-74(65)70(53-26-14-9-15-27-53)73(64)77-68(62)42-58(56)38-60/h7-44H,1-6H3. The second kappa shape index (κ2) is 18.6. The molecule has 0 saturated carbocycles. The van der Waals surface area contributed by atoms with Crippen molar-refractivity contribution in [1.82, 2.24) is 0 Å². The first-order valence-corrected chi connectivity index (χ1v) is 27.0. The molecule has 0 unspecified atom stereocenters. The zero-order valence-electron chi connectivity index (χ0n) is 44.7. The first-order valence-electron chi connectivity index (χ1n) is 27.0. The quantitative estimate of drug-likeness (QED) is 0.144. The van der Waals surface area contributed by atoms with Gasteiger partial charge in [0.1, 0.15) is 22.3 Å². The van der Waals surface area contributed by atoms with E-state index in [0.717, 1.165) is 99.3 Å². The van der Waals surface area contributed by atoms with Crippen molar-refractivity contribution >= 4 is 99.5 Å². The van der Waals surface area contributed by atoms with E-state index in [9.17, 15) is 0 Å². The van der Waals surface area contributed by atoms with Crippen LogP contribution >= 0.6 is 0 Å². The molecular weight excluding hydrogens is 949 g/mol. The molecule has 0 bridgehead atoms. The van der Waals surface area contributed by atoms with Crippen LogP contribution in [0.3, 0.4) is 0 Å². The first kappa shape index (κ1) is 46.9. The number of furan rings is 2. The van der Waals surface area contributed by atoms with Crippen LogP contribution in [0.1, 0.15) is 33.4 Å². The number of hydrogen-bond donors (Lipinski definition) is 0. The second-order valence-electron chi connectivity index (χ2n) is 21.2. The molecule has 4 nitrogen and oxygen atoms in total. The van der Waals surface area contributed by atoms with Crippen molar-refractivity contribution in [2.75, 3.05) is 9.80 Å². The summed E-state index contributed by atoms with van der Waals surface area (Å²) in [6.07, 6.45) is 0. The fourth-order valence-electron chi connectivity index (χ4n) is 12.3. The van der Waals surface area contributed by atoms with E-state index in [1.54, 1.807) is 0 Å². The molecule has 0 aliphatic heterocycles. The smallest absolute Gasteiger partial charge is 0.147 e. The maximum absolute atomic E-state index is 7.12. The molecule has 0 amide bonds. The fraction of sp³-hybridized carbons (Fsp3) is 0.0811. The van der Waals surface area contributed by atoms with Gasteiger partial charge in [-0.1, -0.05) is 152 Å². The zero-order chi connectivity index (χ0) is 52.8. The Morgan fingerprint density at radius 1 is 0.269 bits per heavy atom. The Morgan fingerprint density at radius 2 is 0.667 bits per heavy atom. The second-order valence-corrected chi connectivity index (χ2v) is 21.2. The highest BCUT2D eigenvalue weighted by molar-refractivity contribution is 6.24. The minimum absolute atomic E-state index is 0.814. The molecule has 0 radical (unpaired) electrons. The Bertz CT molecular complexity index is 4370. The van der Waals surface area contributed by atoms with Gasteiger partial charge >= 0.3 is 0 Å². The summed E-state index contributed by atoms with van der Waals surface area (Å²) in [5, 5.41) is 8.75. The van der Waals surface area contributed by atoms with Gasteiger partial charge in [0.05, 0.1) is 16.9 Å². The summed E-state index contributed by atoms with van der Waals surface area (Å²) in [5.41, 5.74) is 24.2. The molecule has 0 atom stereocenters. The van der Waals surface area contributed by atoms with Crippen molar-refractivity contribution in [3.63, 3.8) is 0 Å². The normalized spacial score (nSPS) is 11.7. The number of rotatable bonds is 9. The molecule has 14 aromatic rings. The fourth-order valence-corrected chi connectivity index (χ4v) is 12.3. The van der Waals surface area contributed by atoms with Crippen LogP contribution in [0, 0.1) is 41.5 Å². The zero-order valence-corrected chi connectivity index (χ0v) is 44.7. The Kier molecular flexibility index (Phi) is 11.2. The number of anilines is 6. The summed E-state index contributed by atoms with van der Waals surface area (Å²) in [7, 11) is 0. The van der Waals surface area contributed by atoms with Crippen LogP contribution in [0.2, 0.25) is 0 Å². The molecule has 4 heteroatoms. The molecular formula is C74H56N2O2. The third kappa shape index (κ3) is 7.82. The monoisotopic (exact) mass is 1000 g/mol. The van der Waals surface area contributed by atoms with Gasteiger partial charge in [-0.15, -0.1) is 0 Å². The SMILES string of the molecule is Cc1cc(-c2ccccc2)ccc1N(c1ccc2cc3c(cc2c1)oc1c(-c2ccccc2)c2oc4cc5cc(N(c6ccc(-c7ccccc7)cc6C)c6c(C)cccc6C)ccc5cc4c2cc13)c1c(C)cccc1C.